The topological polar surface area (TPSA) is 74.7 Å². The Morgan fingerprint density at radius 2 is 1.67 bits per heavy atom. The molecule has 0 aromatic rings. The molecule has 3 fully saturated rings. The van der Waals surface area contributed by atoms with Crippen molar-refractivity contribution in [2.45, 2.75) is 6.42 Å². The largest absolute Gasteiger partial charge is 0.480 e. The second-order valence-electron chi connectivity index (χ2n) is 5.81. The Bertz CT molecular complexity index is 475. The second-order valence-corrected chi connectivity index (χ2v) is 5.81. The van der Waals surface area contributed by atoms with Crippen LogP contribution in [0.5, 0.6) is 0 Å². The van der Waals surface area contributed by atoms with E-state index >= 15 is 0 Å². The molecule has 0 radical (unpaired) electrons. The number of imide groups is 1. The van der Waals surface area contributed by atoms with Crippen LogP contribution < -0.4 is 0 Å². The van der Waals surface area contributed by atoms with Gasteiger partial charge in [-0.25, -0.2) is 0 Å². The molecule has 5 nitrogen and oxygen atoms in total. The first-order valence-corrected chi connectivity index (χ1v) is 6.35. The molecule has 6 atom stereocenters. The Kier molecular flexibility index (Phi) is 1.73. The van der Waals surface area contributed by atoms with Crippen molar-refractivity contribution in [2.24, 2.45) is 35.5 Å². The van der Waals surface area contributed by atoms with Crippen molar-refractivity contribution in [3.63, 3.8) is 0 Å². The normalized spacial score (nSPS) is 47.2. The number of carboxylic acid groups (broad SMARTS) is 1. The van der Waals surface area contributed by atoms with Crippen LogP contribution in [0.3, 0.4) is 0 Å². The first-order valence-electron chi connectivity index (χ1n) is 6.35. The van der Waals surface area contributed by atoms with Crippen molar-refractivity contribution in [2.75, 3.05) is 6.54 Å². The number of carboxylic acids is 1. The van der Waals surface area contributed by atoms with Crippen LogP contribution in [-0.4, -0.2) is 34.3 Å². The lowest BCUT2D eigenvalue weighted by Crippen LogP contribution is -2.40. The van der Waals surface area contributed by atoms with Crippen LogP contribution in [0.4, 0.5) is 0 Å². The SMILES string of the molecule is O=C(O)CN1C(=O)[C@H]2[C@@H]3C=C[C@H]([C@H]4C[C@H]34)[C@@H]2C1=O. The Morgan fingerprint density at radius 3 is 2.11 bits per heavy atom. The maximum atomic E-state index is 12.2. The summed E-state index contributed by atoms with van der Waals surface area (Å²) in [7, 11) is 0. The van der Waals surface area contributed by atoms with Gasteiger partial charge in [0.2, 0.25) is 11.8 Å². The lowest BCUT2D eigenvalue weighted by atomic mass is 9.63. The van der Waals surface area contributed by atoms with Gasteiger partial charge in [0.1, 0.15) is 6.54 Å². The molecule has 5 aliphatic rings. The van der Waals surface area contributed by atoms with Gasteiger partial charge >= 0.3 is 5.97 Å². The van der Waals surface area contributed by atoms with E-state index in [0.29, 0.717) is 11.8 Å². The zero-order chi connectivity index (χ0) is 12.6. The molecule has 5 rings (SSSR count). The van der Waals surface area contributed by atoms with E-state index in [9.17, 15) is 14.4 Å². The first-order chi connectivity index (χ1) is 8.59. The van der Waals surface area contributed by atoms with E-state index in [1.165, 1.54) is 0 Å². The molecule has 0 spiro atoms. The molecule has 1 N–H and O–H groups in total. The number of likely N-dealkylation sites (tertiary alicyclic amines) is 1. The Balaban J connectivity index is 1.72. The van der Waals surface area contributed by atoms with Crippen molar-refractivity contribution >= 4 is 17.8 Å². The Morgan fingerprint density at radius 1 is 1.17 bits per heavy atom. The summed E-state index contributed by atoms with van der Waals surface area (Å²) in [5.74, 6) is -0.771. The minimum atomic E-state index is -1.12. The maximum Gasteiger partial charge on any atom is 0.323 e. The van der Waals surface area contributed by atoms with Crippen LogP contribution >= 0.6 is 0 Å². The van der Waals surface area contributed by atoms with Gasteiger partial charge in [-0.2, -0.15) is 0 Å². The molecule has 94 valence electrons. The molecule has 4 aliphatic carbocycles. The van der Waals surface area contributed by atoms with Crippen LogP contribution in [0.15, 0.2) is 12.2 Å². The Labute approximate surface area is 103 Å². The van der Waals surface area contributed by atoms with Crippen molar-refractivity contribution in [1.29, 1.82) is 0 Å². The lowest BCUT2D eigenvalue weighted by molar-refractivity contribution is -0.149. The number of carbonyl (C=O) groups is 3. The fourth-order valence-electron chi connectivity index (χ4n) is 4.31. The molecule has 2 saturated carbocycles. The highest BCUT2D eigenvalue weighted by Gasteiger charge is 2.67. The molecule has 0 aromatic carbocycles. The third-order valence-corrected chi connectivity index (χ3v) is 5.05. The third kappa shape index (κ3) is 1.05. The summed E-state index contributed by atoms with van der Waals surface area (Å²) in [5.41, 5.74) is 0. The minimum Gasteiger partial charge on any atom is -0.480 e. The van der Waals surface area contributed by atoms with E-state index in [1.807, 2.05) is 0 Å². The highest BCUT2D eigenvalue weighted by molar-refractivity contribution is 6.07. The molecule has 1 heterocycles. The zero-order valence-corrected chi connectivity index (χ0v) is 9.65. The monoisotopic (exact) mass is 247 g/mol. The number of aliphatic carboxylic acids is 1. The van der Waals surface area contributed by atoms with Gasteiger partial charge in [-0.15, -0.1) is 0 Å². The van der Waals surface area contributed by atoms with E-state index in [2.05, 4.69) is 12.2 Å². The number of nitrogens with zero attached hydrogens (tertiary/aromatic N) is 1. The van der Waals surface area contributed by atoms with Crippen LogP contribution in [-0.2, 0) is 14.4 Å². The lowest BCUT2D eigenvalue weighted by Gasteiger charge is -2.37. The minimum absolute atomic E-state index is 0.167. The van der Waals surface area contributed by atoms with Gasteiger partial charge in [0.15, 0.2) is 0 Å². The van der Waals surface area contributed by atoms with Crippen LogP contribution in [0.25, 0.3) is 0 Å². The van der Waals surface area contributed by atoms with Gasteiger partial charge in [-0.1, -0.05) is 12.2 Å². The highest BCUT2D eigenvalue weighted by Crippen LogP contribution is 2.65. The number of hydrogen-bond acceptors (Lipinski definition) is 3. The van der Waals surface area contributed by atoms with E-state index < -0.39 is 12.5 Å². The molecule has 2 bridgehead atoms. The zero-order valence-electron chi connectivity index (χ0n) is 9.65. The molecule has 0 unspecified atom stereocenters. The number of rotatable bonds is 2. The van der Waals surface area contributed by atoms with E-state index in [-0.39, 0.29) is 35.5 Å². The Hall–Kier alpha value is -1.65. The quantitative estimate of drug-likeness (QED) is 0.555. The summed E-state index contributed by atoms with van der Waals surface area (Å²) in [6, 6.07) is 0. The molecular formula is C13H13NO4. The van der Waals surface area contributed by atoms with Crippen molar-refractivity contribution in [3.05, 3.63) is 12.2 Å². The van der Waals surface area contributed by atoms with Crippen LogP contribution in [0.1, 0.15) is 6.42 Å². The smallest absolute Gasteiger partial charge is 0.323 e. The van der Waals surface area contributed by atoms with E-state index in [1.54, 1.807) is 0 Å². The number of hydrogen-bond donors (Lipinski definition) is 1. The average molecular weight is 247 g/mol. The third-order valence-electron chi connectivity index (χ3n) is 5.05. The maximum absolute atomic E-state index is 12.2. The van der Waals surface area contributed by atoms with Gasteiger partial charge in [0.05, 0.1) is 11.8 Å². The summed E-state index contributed by atoms with van der Waals surface area (Å²) in [5, 5.41) is 8.79. The summed E-state index contributed by atoms with van der Waals surface area (Å²) in [6.45, 7) is -0.487. The fraction of sp³-hybridized carbons (Fsp3) is 0.615. The number of allylic oxidation sites excluding steroid dienone is 2. The summed E-state index contributed by atoms with van der Waals surface area (Å²) in [6.07, 6.45) is 5.28. The van der Waals surface area contributed by atoms with Gasteiger partial charge in [-0.3, -0.25) is 19.3 Å². The molecule has 1 aliphatic heterocycles. The average Bonchev–Trinajstić information content (AvgIpc) is 3.11. The molecule has 2 amide bonds. The van der Waals surface area contributed by atoms with Crippen molar-refractivity contribution in [1.82, 2.24) is 4.90 Å². The van der Waals surface area contributed by atoms with Gasteiger partial charge in [0, 0.05) is 0 Å². The predicted octanol–water partition coefficient (Wildman–Crippen LogP) is 0.124. The summed E-state index contributed by atoms with van der Waals surface area (Å²) >= 11 is 0. The van der Waals surface area contributed by atoms with Crippen LogP contribution in [0.2, 0.25) is 0 Å². The van der Waals surface area contributed by atoms with Crippen molar-refractivity contribution < 1.29 is 19.5 Å². The summed E-state index contributed by atoms with van der Waals surface area (Å²) in [4.78, 5) is 36.2. The fourth-order valence-corrected chi connectivity index (χ4v) is 4.31. The standard InChI is InChI=1S/C13H13NO4/c15-9(16)4-14-12(17)10-5-1-2-6(8-3-7(5)8)11(10)13(14)18/h1-2,5-8,10-11H,3-4H2,(H,15,16)/t5-,6-,7-,8-,10+,11+/m1/s1. The van der Waals surface area contributed by atoms with Gasteiger partial charge in [0.25, 0.3) is 0 Å². The molecule has 5 heteroatoms. The van der Waals surface area contributed by atoms with Gasteiger partial charge in [-0.05, 0) is 30.1 Å². The predicted molar refractivity (Wildman–Crippen MR) is 59.1 cm³/mol. The molecule has 0 aromatic heterocycles. The van der Waals surface area contributed by atoms with Crippen LogP contribution in [0, 0.1) is 35.5 Å². The van der Waals surface area contributed by atoms with Crippen molar-refractivity contribution in [3.8, 4) is 0 Å². The molecule has 18 heavy (non-hydrogen) atoms. The van der Waals surface area contributed by atoms with E-state index in [0.717, 1.165) is 11.3 Å². The highest BCUT2D eigenvalue weighted by atomic mass is 16.4. The number of carbonyl (C=O) groups excluding carboxylic acids is 2. The number of amides is 2. The van der Waals surface area contributed by atoms with E-state index in [4.69, 9.17) is 5.11 Å². The van der Waals surface area contributed by atoms with Gasteiger partial charge < -0.3 is 5.11 Å². The first kappa shape index (κ1) is 10.3. The molecule has 1 saturated heterocycles. The summed E-state index contributed by atoms with van der Waals surface area (Å²) < 4.78 is 0. The second kappa shape index (κ2) is 3.02. The molecular weight excluding hydrogens is 234 g/mol.